The second-order valence-electron chi connectivity index (χ2n) is 3.33. The number of hydrogen-bond donors (Lipinski definition) is 1. The maximum atomic E-state index is 10.6. The van der Waals surface area contributed by atoms with E-state index < -0.39 is 35.9 Å². The van der Waals surface area contributed by atoms with Gasteiger partial charge in [0.15, 0.2) is 0 Å². The number of carbonyl (C=O) groups excluding carboxylic acids is 1. The van der Waals surface area contributed by atoms with Gasteiger partial charge in [-0.3, -0.25) is 0 Å². The van der Waals surface area contributed by atoms with Crippen molar-refractivity contribution in [3.05, 3.63) is 27.8 Å². The van der Waals surface area contributed by atoms with Crippen LogP contribution in [-0.4, -0.2) is 16.0 Å². The van der Waals surface area contributed by atoms with Gasteiger partial charge >= 0.3 is 105 Å². The SMILES string of the molecule is CC(=O)[O][Hg][c]1cc(C)cc([N+](=O)[O-])c1O. The molecule has 0 fully saturated rings. The molecule has 7 heteroatoms. The van der Waals surface area contributed by atoms with Gasteiger partial charge in [-0.05, 0) is 0 Å². The molecule has 0 spiro atoms. The molecule has 0 bridgehead atoms. The van der Waals surface area contributed by atoms with E-state index in [0.29, 0.717) is 8.64 Å². The van der Waals surface area contributed by atoms with Crippen LogP contribution in [0.5, 0.6) is 5.75 Å². The summed E-state index contributed by atoms with van der Waals surface area (Å²) in [5.41, 5.74) is 0.341. The average Bonchev–Trinajstić information content (AvgIpc) is 2.18. The van der Waals surface area contributed by atoms with Crippen LogP contribution in [0.2, 0.25) is 0 Å². The van der Waals surface area contributed by atoms with Gasteiger partial charge in [0.05, 0.1) is 0 Å². The molecule has 0 saturated heterocycles. The van der Waals surface area contributed by atoms with Crippen LogP contribution >= 0.6 is 0 Å². The summed E-state index contributed by atoms with van der Waals surface area (Å²) in [6.07, 6.45) is 0. The Hall–Kier alpha value is -1.17. The van der Waals surface area contributed by atoms with Crippen molar-refractivity contribution in [1.82, 2.24) is 0 Å². The van der Waals surface area contributed by atoms with Gasteiger partial charge in [-0.2, -0.15) is 0 Å². The molecule has 0 saturated carbocycles. The predicted molar refractivity (Wildman–Crippen MR) is 50.9 cm³/mol. The van der Waals surface area contributed by atoms with Gasteiger partial charge in [-0.25, -0.2) is 0 Å². The van der Waals surface area contributed by atoms with Crippen molar-refractivity contribution >= 4 is 14.7 Å². The van der Waals surface area contributed by atoms with Gasteiger partial charge in [-0.1, -0.05) is 0 Å². The number of nitro groups is 1. The Morgan fingerprint density at radius 1 is 1.56 bits per heavy atom. The first kappa shape index (κ1) is 12.9. The van der Waals surface area contributed by atoms with Gasteiger partial charge in [0.1, 0.15) is 0 Å². The molecule has 16 heavy (non-hydrogen) atoms. The van der Waals surface area contributed by atoms with Crippen molar-refractivity contribution in [1.29, 1.82) is 0 Å². The van der Waals surface area contributed by atoms with Gasteiger partial charge in [-0.15, -0.1) is 0 Å². The summed E-state index contributed by atoms with van der Waals surface area (Å²) in [6, 6.07) is 2.92. The Balaban J connectivity index is 3.09. The van der Waals surface area contributed by atoms with Crippen molar-refractivity contribution in [3.63, 3.8) is 0 Å². The third-order valence-corrected chi connectivity index (χ3v) is 7.39. The number of benzene rings is 1. The fourth-order valence-electron chi connectivity index (χ4n) is 1.26. The molecular weight excluding hydrogens is 403 g/mol. The molecular formula is C9H9HgNO5. The van der Waals surface area contributed by atoms with E-state index in [1.807, 2.05) is 0 Å². The molecule has 0 aromatic heterocycles. The van der Waals surface area contributed by atoms with Crippen molar-refractivity contribution in [3.8, 4) is 5.75 Å². The number of nitrogens with zero attached hydrogens (tertiary/aromatic N) is 1. The number of phenolic OH excluding ortho intramolecular Hbond substituents is 1. The van der Waals surface area contributed by atoms with Gasteiger partial charge < -0.3 is 0 Å². The summed E-state index contributed by atoms with van der Waals surface area (Å²) in [6.45, 7) is 2.97. The van der Waals surface area contributed by atoms with Crippen molar-refractivity contribution < 1.29 is 42.5 Å². The standard InChI is InChI=1S/C7H6NO3.C2H4O2.Hg/c1-5-2-3-7(9)6(4-5)8(10)11;1-2(3)4;/h2,4,9H,1H3;1H3,(H,3,4);/q;;+1/p-1. The number of carbonyl (C=O) groups is 1. The van der Waals surface area contributed by atoms with E-state index >= 15 is 0 Å². The topological polar surface area (TPSA) is 89.7 Å². The quantitative estimate of drug-likeness (QED) is 0.451. The van der Waals surface area contributed by atoms with Crippen molar-refractivity contribution in [2.75, 3.05) is 0 Å². The monoisotopic (exact) mass is 413 g/mol. The second kappa shape index (κ2) is 5.24. The molecule has 1 aromatic carbocycles. The minimum absolute atomic E-state index is 0.331. The van der Waals surface area contributed by atoms with Crippen LogP contribution < -0.4 is 3.07 Å². The van der Waals surface area contributed by atoms with Crippen LogP contribution in [0.4, 0.5) is 5.69 Å². The fraction of sp³-hybridized carbons (Fsp3) is 0.222. The van der Waals surface area contributed by atoms with Crippen LogP contribution in [0, 0.1) is 17.0 Å². The normalized spacial score (nSPS) is 9.38. The molecule has 1 N–H and O–H groups in total. The second-order valence-corrected chi connectivity index (χ2v) is 8.54. The molecule has 0 aliphatic heterocycles. The van der Waals surface area contributed by atoms with Gasteiger partial charge in [0.25, 0.3) is 0 Å². The number of aryl methyl sites for hydroxylation is 1. The van der Waals surface area contributed by atoms with Gasteiger partial charge in [0, 0.05) is 0 Å². The van der Waals surface area contributed by atoms with Crippen LogP contribution in [0.3, 0.4) is 0 Å². The van der Waals surface area contributed by atoms with E-state index in [4.69, 9.17) is 2.64 Å². The molecule has 0 atom stereocenters. The van der Waals surface area contributed by atoms with E-state index in [2.05, 4.69) is 0 Å². The molecule has 1 aromatic rings. The first-order valence-electron chi connectivity index (χ1n) is 4.52. The number of hydrogen-bond acceptors (Lipinski definition) is 5. The zero-order valence-corrected chi connectivity index (χ0v) is 14.4. The average molecular weight is 412 g/mol. The third-order valence-electron chi connectivity index (χ3n) is 1.94. The summed E-state index contributed by atoms with van der Waals surface area (Å²) in [5.74, 6) is -0.774. The Morgan fingerprint density at radius 2 is 2.19 bits per heavy atom. The first-order chi connectivity index (χ1) is 7.41. The molecule has 1 rings (SSSR count). The predicted octanol–water partition coefficient (Wildman–Crippen LogP) is 0.795. The van der Waals surface area contributed by atoms with E-state index in [-0.39, 0.29) is 11.4 Å². The Labute approximate surface area is 104 Å². The van der Waals surface area contributed by atoms with Crippen LogP contribution in [0.15, 0.2) is 12.1 Å². The summed E-state index contributed by atoms with van der Waals surface area (Å²) >= 11 is -2.24. The third kappa shape index (κ3) is 3.16. The zero-order valence-electron chi connectivity index (χ0n) is 8.89. The summed E-state index contributed by atoms with van der Waals surface area (Å²) < 4.78 is 5.35. The van der Waals surface area contributed by atoms with E-state index in [9.17, 15) is 20.0 Å². The Bertz CT molecular complexity index is 446. The molecule has 6 nitrogen and oxygen atoms in total. The van der Waals surface area contributed by atoms with E-state index in [0.717, 1.165) is 0 Å². The van der Waals surface area contributed by atoms with Crippen LogP contribution in [0.1, 0.15) is 12.5 Å². The Kier molecular flexibility index (Phi) is 4.23. The molecule has 0 unspecified atom stereocenters. The fourth-order valence-corrected chi connectivity index (χ4v) is 5.47. The van der Waals surface area contributed by atoms with E-state index in [1.165, 1.54) is 13.0 Å². The molecule has 0 aliphatic rings. The van der Waals surface area contributed by atoms with E-state index in [1.54, 1.807) is 13.0 Å². The molecule has 0 radical (unpaired) electrons. The Morgan fingerprint density at radius 3 is 2.69 bits per heavy atom. The summed E-state index contributed by atoms with van der Waals surface area (Å²) in [4.78, 5) is 20.6. The zero-order chi connectivity index (χ0) is 12.3. The summed E-state index contributed by atoms with van der Waals surface area (Å²) in [7, 11) is 0. The van der Waals surface area contributed by atoms with Gasteiger partial charge in [0.2, 0.25) is 0 Å². The molecule has 0 amide bonds. The van der Waals surface area contributed by atoms with Crippen LogP contribution in [-0.2, 0) is 32.5 Å². The first-order valence-corrected chi connectivity index (χ1v) is 9.51. The molecule has 82 valence electrons. The molecule has 0 aliphatic carbocycles. The maximum absolute atomic E-state index is 10.6. The number of nitro benzene ring substituents is 1. The van der Waals surface area contributed by atoms with Crippen molar-refractivity contribution in [2.45, 2.75) is 13.8 Å². The van der Waals surface area contributed by atoms with Crippen LogP contribution in [0.25, 0.3) is 0 Å². The number of aromatic hydroxyl groups is 1. The summed E-state index contributed by atoms with van der Waals surface area (Å²) in [5, 5.41) is 20.2. The minimum atomic E-state index is -2.24. The molecule has 0 heterocycles. The van der Waals surface area contributed by atoms with Crippen molar-refractivity contribution in [2.24, 2.45) is 0 Å². The number of rotatable bonds is 3. The number of phenols is 1.